The molecule has 0 aliphatic carbocycles. The maximum Gasteiger partial charge on any atom is 0.211 e. The Morgan fingerprint density at radius 3 is 2.11 bits per heavy atom. The molecule has 27 heavy (non-hydrogen) atoms. The number of phenolic OH excluding ortho intramolecular Hbond substituents is 2. The summed E-state index contributed by atoms with van der Waals surface area (Å²) in [4.78, 5) is 12.7. The number of hydrogen-bond donors (Lipinski definition) is 2. The first kappa shape index (κ1) is 18.2. The maximum atomic E-state index is 12.7. The average molecular weight is 374 g/mol. The Morgan fingerprint density at radius 1 is 0.852 bits per heavy atom. The molecule has 0 saturated heterocycles. The second-order valence-electron chi connectivity index (χ2n) is 5.51. The van der Waals surface area contributed by atoms with Gasteiger partial charge in [0.2, 0.25) is 17.2 Å². The largest absolute Gasteiger partial charge is 0.507 e. The van der Waals surface area contributed by atoms with E-state index in [2.05, 4.69) is 0 Å². The molecule has 0 spiro atoms. The fraction of sp³-hybridized carbons (Fsp3) is 0.211. The zero-order chi connectivity index (χ0) is 19.7. The monoisotopic (exact) mass is 374 g/mol. The Labute approximate surface area is 154 Å². The van der Waals surface area contributed by atoms with Crippen molar-refractivity contribution in [2.24, 2.45) is 0 Å². The van der Waals surface area contributed by atoms with Crippen LogP contribution in [-0.2, 0) is 0 Å². The van der Waals surface area contributed by atoms with Gasteiger partial charge in [0.25, 0.3) is 0 Å². The molecular formula is C19H18O8. The molecule has 0 amide bonds. The fourth-order valence-electron chi connectivity index (χ4n) is 2.84. The Hall–Kier alpha value is -3.55. The van der Waals surface area contributed by atoms with Gasteiger partial charge in [-0.15, -0.1) is 0 Å². The van der Waals surface area contributed by atoms with E-state index in [1.807, 2.05) is 0 Å². The molecule has 3 aromatic rings. The number of rotatable bonds is 5. The summed E-state index contributed by atoms with van der Waals surface area (Å²) >= 11 is 0. The van der Waals surface area contributed by atoms with E-state index in [-0.39, 0.29) is 45.3 Å². The van der Waals surface area contributed by atoms with Crippen molar-refractivity contribution in [3.05, 3.63) is 34.5 Å². The highest BCUT2D eigenvalue weighted by Gasteiger charge is 2.26. The fourth-order valence-corrected chi connectivity index (χ4v) is 2.84. The van der Waals surface area contributed by atoms with Crippen LogP contribution in [0.3, 0.4) is 0 Å². The van der Waals surface area contributed by atoms with Crippen molar-refractivity contribution in [1.82, 2.24) is 0 Å². The molecule has 2 N–H and O–H groups in total. The number of aromatic hydroxyl groups is 2. The second kappa shape index (κ2) is 6.99. The zero-order valence-electron chi connectivity index (χ0n) is 15.2. The lowest BCUT2D eigenvalue weighted by Crippen LogP contribution is -2.05. The summed E-state index contributed by atoms with van der Waals surface area (Å²) in [7, 11) is 5.53. The first-order valence-corrected chi connectivity index (χ1v) is 7.82. The first-order valence-electron chi connectivity index (χ1n) is 7.82. The predicted octanol–water partition coefficient (Wildman–Crippen LogP) is 2.91. The van der Waals surface area contributed by atoms with Crippen LogP contribution in [0.2, 0.25) is 0 Å². The van der Waals surface area contributed by atoms with Gasteiger partial charge in [-0.05, 0) is 18.2 Å². The van der Waals surface area contributed by atoms with Crippen molar-refractivity contribution < 1.29 is 33.6 Å². The summed E-state index contributed by atoms with van der Waals surface area (Å²) in [6.07, 6.45) is 0. The summed E-state index contributed by atoms with van der Waals surface area (Å²) in [6.45, 7) is 0. The van der Waals surface area contributed by atoms with E-state index in [0.717, 1.165) is 6.07 Å². The van der Waals surface area contributed by atoms with Crippen LogP contribution in [0.25, 0.3) is 22.3 Å². The van der Waals surface area contributed by atoms with Crippen molar-refractivity contribution in [1.29, 1.82) is 0 Å². The second-order valence-corrected chi connectivity index (χ2v) is 5.51. The Morgan fingerprint density at radius 2 is 1.52 bits per heavy atom. The molecule has 142 valence electrons. The van der Waals surface area contributed by atoms with E-state index in [1.54, 1.807) is 6.07 Å². The molecule has 2 aromatic carbocycles. The van der Waals surface area contributed by atoms with Gasteiger partial charge in [-0.1, -0.05) is 0 Å². The van der Waals surface area contributed by atoms with Crippen molar-refractivity contribution in [3.8, 4) is 45.8 Å². The molecule has 0 bridgehead atoms. The van der Waals surface area contributed by atoms with Crippen LogP contribution in [-0.4, -0.2) is 38.7 Å². The molecule has 1 aromatic heterocycles. The number of benzene rings is 2. The highest BCUT2D eigenvalue weighted by Crippen LogP contribution is 2.50. The molecule has 0 aliphatic heterocycles. The highest BCUT2D eigenvalue weighted by atomic mass is 16.5. The topological polar surface area (TPSA) is 108 Å². The van der Waals surface area contributed by atoms with Gasteiger partial charge in [0.1, 0.15) is 22.6 Å². The van der Waals surface area contributed by atoms with Crippen molar-refractivity contribution in [3.63, 3.8) is 0 Å². The number of methoxy groups -OCH3 is 4. The van der Waals surface area contributed by atoms with E-state index < -0.39 is 11.2 Å². The molecule has 0 fully saturated rings. The number of ether oxygens (including phenoxy) is 4. The molecule has 0 aliphatic rings. The third kappa shape index (κ3) is 2.84. The van der Waals surface area contributed by atoms with Gasteiger partial charge in [-0.2, -0.15) is 0 Å². The smallest absolute Gasteiger partial charge is 0.211 e. The lowest BCUT2D eigenvalue weighted by molar-refractivity contribution is 0.311. The number of fused-ring (bicyclic) bond motifs is 1. The van der Waals surface area contributed by atoms with Gasteiger partial charge < -0.3 is 33.6 Å². The van der Waals surface area contributed by atoms with E-state index in [9.17, 15) is 15.0 Å². The van der Waals surface area contributed by atoms with Gasteiger partial charge in [0, 0.05) is 6.07 Å². The van der Waals surface area contributed by atoms with Gasteiger partial charge in [-0.3, -0.25) is 4.79 Å². The minimum absolute atomic E-state index is 0.0441. The summed E-state index contributed by atoms with van der Waals surface area (Å²) < 4.78 is 26.7. The normalized spacial score (nSPS) is 10.7. The van der Waals surface area contributed by atoms with Gasteiger partial charge >= 0.3 is 0 Å². The van der Waals surface area contributed by atoms with Crippen molar-refractivity contribution in [2.75, 3.05) is 28.4 Å². The Bertz CT molecular complexity index is 1070. The zero-order valence-corrected chi connectivity index (χ0v) is 15.2. The van der Waals surface area contributed by atoms with Crippen LogP contribution < -0.4 is 24.4 Å². The maximum absolute atomic E-state index is 12.7. The molecule has 1 heterocycles. The summed E-state index contributed by atoms with van der Waals surface area (Å²) in [6, 6.07) is 5.66. The summed E-state index contributed by atoms with van der Waals surface area (Å²) in [5.74, 6) is 0.0820. The minimum atomic E-state index is -0.551. The van der Waals surface area contributed by atoms with Crippen molar-refractivity contribution in [2.45, 2.75) is 0 Å². The molecule has 3 rings (SSSR count). The molecule has 0 radical (unpaired) electrons. The molecule has 8 nitrogen and oxygen atoms in total. The van der Waals surface area contributed by atoms with Crippen LogP contribution in [0.15, 0.2) is 33.5 Å². The van der Waals surface area contributed by atoms with Crippen LogP contribution in [0.4, 0.5) is 0 Å². The molecular weight excluding hydrogens is 356 g/mol. The van der Waals surface area contributed by atoms with Gasteiger partial charge in [-0.25, -0.2) is 0 Å². The standard InChI is InChI=1S/C19H18O8/c1-23-9-5-6-11(20)10(7-9)13-8-12(21)14-15(22)17(24-2)19(26-4)18(25-3)16(14)27-13/h5-8,20,22H,1-4H3. The molecule has 0 unspecified atom stereocenters. The summed E-state index contributed by atoms with van der Waals surface area (Å²) in [5.41, 5.74) is -0.354. The van der Waals surface area contributed by atoms with Gasteiger partial charge in [0.05, 0.1) is 34.0 Å². The van der Waals surface area contributed by atoms with Gasteiger partial charge in [0.15, 0.2) is 16.8 Å². The average Bonchev–Trinajstić information content (AvgIpc) is 2.67. The lowest BCUT2D eigenvalue weighted by atomic mass is 10.1. The third-order valence-electron chi connectivity index (χ3n) is 4.10. The molecule has 0 atom stereocenters. The van der Waals surface area contributed by atoms with Crippen LogP contribution in [0, 0.1) is 0 Å². The molecule has 8 heteroatoms. The first-order chi connectivity index (χ1) is 13.0. The lowest BCUT2D eigenvalue weighted by Gasteiger charge is -2.16. The number of phenols is 2. The van der Waals surface area contributed by atoms with Crippen molar-refractivity contribution >= 4 is 11.0 Å². The highest BCUT2D eigenvalue weighted by molar-refractivity contribution is 5.95. The van der Waals surface area contributed by atoms with E-state index in [0.29, 0.717) is 5.75 Å². The van der Waals surface area contributed by atoms with Crippen LogP contribution in [0.5, 0.6) is 34.5 Å². The Kier molecular flexibility index (Phi) is 4.72. The third-order valence-corrected chi connectivity index (χ3v) is 4.10. The minimum Gasteiger partial charge on any atom is -0.507 e. The Balaban J connectivity index is 2.43. The summed E-state index contributed by atoms with van der Waals surface area (Å²) in [5, 5.41) is 20.5. The predicted molar refractivity (Wildman–Crippen MR) is 97.5 cm³/mol. The quantitative estimate of drug-likeness (QED) is 0.702. The van der Waals surface area contributed by atoms with E-state index in [4.69, 9.17) is 23.4 Å². The van der Waals surface area contributed by atoms with Crippen LogP contribution in [0.1, 0.15) is 0 Å². The molecule has 0 saturated carbocycles. The van der Waals surface area contributed by atoms with E-state index >= 15 is 0 Å². The van der Waals surface area contributed by atoms with E-state index in [1.165, 1.54) is 40.6 Å². The van der Waals surface area contributed by atoms with Crippen LogP contribution >= 0.6 is 0 Å². The SMILES string of the molecule is COc1ccc(O)c(-c2cc(=O)c3c(O)c(OC)c(OC)c(OC)c3o2)c1. The number of hydrogen-bond acceptors (Lipinski definition) is 8.